The Balaban J connectivity index is 4.15. The van der Waals surface area contributed by atoms with Crippen molar-refractivity contribution >= 4 is 11.9 Å². The van der Waals surface area contributed by atoms with Gasteiger partial charge >= 0.3 is 5.97 Å². The van der Waals surface area contributed by atoms with Crippen LogP contribution in [0.3, 0.4) is 0 Å². The molecule has 2 atom stereocenters. The van der Waals surface area contributed by atoms with E-state index in [1.165, 1.54) is 14.0 Å². The lowest BCUT2D eigenvalue weighted by atomic mass is 10.2. The lowest BCUT2D eigenvalue weighted by molar-refractivity contribution is -0.144. The van der Waals surface area contributed by atoms with Gasteiger partial charge in [-0.15, -0.1) is 0 Å². The van der Waals surface area contributed by atoms with Gasteiger partial charge in [-0.25, -0.2) is 4.79 Å². The van der Waals surface area contributed by atoms with E-state index >= 15 is 0 Å². The Morgan fingerprint density at radius 3 is 2.43 bits per heavy atom. The van der Waals surface area contributed by atoms with Crippen LogP contribution in [-0.2, 0) is 14.3 Å². The second kappa shape index (κ2) is 6.33. The molecule has 0 radical (unpaired) electrons. The third kappa shape index (κ3) is 4.20. The van der Waals surface area contributed by atoms with Crippen molar-refractivity contribution in [2.45, 2.75) is 25.5 Å². The lowest BCUT2D eigenvalue weighted by Crippen LogP contribution is -2.45. The molecule has 0 fully saturated rings. The second-order valence-electron chi connectivity index (χ2n) is 2.79. The van der Waals surface area contributed by atoms with Crippen LogP contribution in [0.4, 0.5) is 0 Å². The Morgan fingerprint density at radius 1 is 1.50 bits per heavy atom. The first kappa shape index (κ1) is 12.9. The van der Waals surface area contributed by atoms with Gasteiger partial charge in [-0.3, -0.25) is 4.79 Å². The maximum Gasteiger partial charge on any atom is 0.326 e. The monoisotopic (exact) mass is 205 g/mol. The Labute approximate surface area is 81.9 Å². The third-order valence-corrected chi connectivity index (χ3v) is 1.76. The van der Waals surface area contributed by atoms with Gasteiger partial charge in [0.2, 0.25) is 5.91 Å². The molecule has 0 rings (SSSR count). The van der Waals surface area contributed by atoms with Crippen LogP contribution in [0, 0.1) is 0 Å². The van der Waals surface area contributed by atoms with Crippen LogP contribution in [0.2, 0.25) is 0 Å². The summed E-state index contributed by atoms with van der Waals surface area (Å²) in [5.74, 6) is -1.68. The molecule has 6 nitrogen and oxygen atoms in total. The number of aliphatic hydroxyl groups excluding tert-OH is 1. The summed E-state index contributed by atoms with van der Waals surface area (Å²) in [5, 5.41) is 19.4. The Morgan fingerprint density at radius 2 is 2.07 bits per heavy atom. The average molecular weight is 205 g/mol. The highest BCUT2D eigenvalue weighted by molar-refractivity contribution is 5.85. The number of nitrogens with one attached hydrogen (secondary N) is 1. The van der Waals surface area contributed by atoms with Crippen molar-refractivity contribution in [1.82, 2.24) is 5.32 Å². The maximum atomic E-state index is 11.2. The summed E-state index contributed by atoms with van der Waals surface area (Å²) in [6, 6.07) is -1.06. The minimum Gasteiger partial charge on any atom is -0.480 e. The third-order valence-electron chi connectivity index (χ3n) is 1.76. The van der Waals surface area contributed by atoms with Crippen LogP contribution in [-0.4, -0.2) is 48.0 Å². The molecular formula is C8H15NO5. The number of carboxylic acids is 1. The van der Waals surface area contributed by atoms with Crippen LogP contribution < -0.4 is 5.32 Å². The van der Waals surface area contributed by atoms with Crippen molar-refractivity contribution in [2.24, 2.45) is 0 Å². The molecule has 1 amide bonds. The van der Waals surface area contributed by atoms with Crippen molar-refractivity contribution in [2.75, 3.05) is 13.7 Å². The zero-order valence-electron chi connectivity index (χ0n) is 8.19. The number of amides is 1. The fourth-order valence-electron chi connectivity index (χ4n) is 0.783. The van der Waals surface area contributed by atoms with Gasteiger partial charge in [-0.05, 0) is 6.92 Å². The summed E-state index contributed by atoms with van der Waals surface area (Å²) in [6.45, 7) is 1.21. The first-order valence-corrected chi connectivity index (χ1v) is 4.19. The van der Waals surface area contributed by atoms with Crippen LogP contribution >= 0.6 is 0 Å². The summed E-state index contributed by atoms with van der Waals surface area (Å²) in [4.78, 5) is 21.8. The number of rotatable bonds is 6. The van der Waals surface area contributed by atoms with E-state index < -0.39 is 24.0 Å². The molecule has 82 valence electrons. The van der Waals surface area contributed by atoms with Crippen molar-refractivity contribution in [1.29, 1.82) is 0 Å². The Bertz CT molecular complexity index is 206. The standard InChI is InChI=1S/C8H15NO5/c1-5(14-2)7(11)9-6(3-4-10)8(12)13/h5-6,10H,3-4H2,1-2H3,(H,9,11)(H,12,13)/t5?,6-/m0/s1. The SMILES string of the molecule is COC(C)C(=O)N[C@@H](CCO)C(=O)O. The van der Waals surface area contributed by atoms with Gasteiger partial charge in [0.15, 0.2) is 0 Å². The molecule has 0 saturated heterocycles. The van der Waals surface area contributed by atoms with E-state index in [2.05, 4.69) is 5.32 Å². The van der Waals surface area contributed by atoms with Gasteiger partial charge in [-0.2, -0.15) is 0 Å². The van der Waals surface area contributed by atoms with E-state index in [9.17, 15) is 9.59 Å². The highest BCUT2D eigenvalue weighted by Gasteiger charge is 2.21. The molecule has 0 aliphatic rings. The largest absolute Gasteiger partial charge is 0.480 e. The summed E-state index contributed by atoms with van der Waals surface area (Å²) < 4.78 is 4.70. The van der Waals surface area contributed by atoms with E-state index in [-0.39, 0.29) is 13.0 Å². The van der Waals surface area contributed by atoms with Crippen molar-refractivity contribution < 1.29 is 24.5 Å². The van der Waals surface area contributed by atoms with Crippen molar-refractivity contribution in [3.63, 3.8) is 0 Å². The predicted molar refractivity (Wildman–Crippen MR) is 47.7 cm³/mol. The number of hydrogen-bond donors (Lipinski definition) is 3. The van der Waals surface area contributed by atoms with Crippen LogP contribution in [0.15, 0.2) is 0 Å². The van der Waals surface area contributed by atoms with Gasteiger partial charge in [0.05, 0.1) is 0 Å². The molecule has 0 spiro atoms. The van der Waals surface area contributed by atoms with Crippen molar-refractivity contribution in [3.8, 4) is 0 Å². The summed E-state index contributed by atoms with van der Waals surface area (Å²) in [7, 11) is 1.35. The normalized spacial score (nSPS) is 14.5. The number of carbonyl (C=O) groups is 2. The molecule has 0 saturated carbocycles. The number of aliphatic hydroxyl groups is 1. The molecule has 3 N–H and O–H groups in total. The number of hydrogen-bond acceptors (Lipinski definition) is 4. The minimum absolute atomic E-state index is 0.0164. The molecule has 0 aromatic heterocycles. The van der Waals surface area contributed by atoms with Gasteiger partial charge in [0.1, 0.15) is 12.1 Å². The number of aliphatic carboxylic acids is 1. The van der Waals surface area contributed by atoms with E-state index in [0.29, 0.717) is 0 Å². The van der Waals surface area contributed by atoms with E-state index in [1.54, 1.807) is 0 Å². The molecule has 0 aliphatic carbocycles. The number of ether oxygens (including phenoxy) is 1. The summed E-state index contributed by atoms with van der Waals surface area (Å²) in [6.07, 6.45) is -0.715. The Hall–Kier alpha value is -1.14. The molecule has 0 aromatic rings. The van der Waals surface area contributed by atoms with Crippen molar-refractivity contribution in [3.05, 3.63) is 0 Å². The summed E-state index contributed by atoms with van der Waals surface area (Å²) in [5.41, 5.74) is 0. The second-order valence-corrected chi connectivity index (χ2v) is 2.79. The van der Waals surface area contributed by atoms with E-state index in [1.807, 2.05) is 0 Å². The molecule has 14 heavy (non-hydrogen) atoms. The predicted octanol–water partition coefficient (Wildman–Crippen LogP) is -1.03. The number of methoxy groups -OCH3 is 1. The van der Waals surface area contributed by atoms with E-state index in [4.69, 9.17) is 14.9 Å². The molecule has 1 unspecified atom stereocenters. The van der Waals surface area contributed by atoms with Crippen LogP contribution in [0.25, 0.3) is 0 Å². The quantitative estimate of drug-likeness (QED) is 0.515. The zero-order chi connectivity index (χ0) is 11.1. The minimum atomic E-state index is -1.17. The summed E-state index contributed by atoms with van der Waals surface area (Å²) >= 11 is 0. The smallest absolute Gasteiger partial charge is 0.326 e. The van der Waals surface area contributed by atoms with Gasteiger partial charge in [-0.1, -0.05) is 0 Å². The highest BCUT2D eigenvalue weighted by Crippen LogP contribution is 1.94. The fourth-order valence-corrected chi connectivity index (χ4v) is 0.783. The lowest BCUT2D eigenvalue weighted by Gasteiger charge is -2.15. The zero-order valence-corrected chi connectivity index (χ0v) is 8.19. The number of carbonyl (C=O) groups excluding carboxylic acids is 1. The molecule has 0 heterocycles. The number of carboxylic acid groups (broad SMARTS) is 1. The first-order chi connectivity index (χ1) is 6.52. The molecular weight excluding hydrogens is 190 g/mol. The fraction of sp³-hybridized carbons (Fsp3) is 0.750. The molecule has 0 aromatic carbocycles. The Kier molecular flexibility index (Phi) is 5.82. The highest BCUT2D eigenvalue weighted by atomic mass is 16.5. The van der Waals surface area contributed by atoms with Gasteiger partial charge in [0.25, 0.3) is 0 Å². The topological polar surface area (TPSA) is 95.9 Å². The van der Waals surface area contributed by atoms with Crippen LogP contribution in [0.1, 0.15) is 13.3 Å². The van der Waals surface area contributed by atoms with Gasteiger partial charge in [0, 0.05) is 20.1 Å². The van der Waals surface area contributed by atoms with Gasteiger partial charge < -0.3 is 20.3 Å². The average Bonchev–Trinajstić information content (AvgIpc) is 2.15. The molecule has 0 bridgehead atoms. The molecule has 0 aliphatic heterocycles. The van der Waals surface area contributed by atoms with Crippen LogP contribution in [0.5, 0.6) is 0 Å². The molecule has 6 heteroatoms. The maximum absolute atomic E-state index is 11.2. The first-order valence-electron chi connectivity index (χ1n) is 4.19. The van der Waals surface area contributed by atoms with E-state index in [0.717, 1.165) is 0 Å².